The molecule has 0 amide bonds. The van der Waals surface area contributed by atoms with Crippen LogP contribution >= 0.6 is 23.2 Å². The average Bonchev–Trinajstić information content (AvgIpc) is 3.87. The zero-order valence-corrected chi connectivity index (χ0v) is 35.4. The smallest absolute Gasteiger partial charge is 0.307 e. The lowest BCUT2D eigenvalue weighted by atomic mass is 10.1. The summed E-state index contributed by atoms with van der Waals surface area (Å²) >= 11 is 11.9. The molecule has 0 aliphatic rings. The van der Waals surface area contributed by atoms with Gasteiger partial charge in [0.05, 0.1) is 30.3 Å². The second kappa shape index (κ2) is 19.9. The van der Waals surface area contributed by atoms with Crippen LogP contribution in [-0.2, 0) is 33.6 Å². The summed E-state index contributed by atoms with van der Waals surface area (Å²) in [5.74, 6) is -3.44. The molecule has 8 aromatic rings. The van der Waals surface area contributed by atoms with Crippen LogP contribution in [0.2, 0.25) is 10.2 Å². The number of rotatable bonds is 9. The number of para-hydroxylation sites is 2. The Hall–Kier alpha value is -7.54. The maximum absolute atomic E-state index is 12.9. The number of hydrogen-bond donors (Lipinski definition) is 3. The number of benzene rings is 5. The van der Waals surface area contributed by atoms with E-state index in [4.69, 9.17) is 38.5 Å². The van der Waals surface area contributed by atoms with E-state index in [1.165, 1.54) is 16.8 Å². The molecule has 318 valence electrons. The Balaban J connectivity index is 0.000000159. The lowest BCUT2D eigenvalue weighted by Crippen LogP contribution is -2.14. The van der Waals surface area contributed by atoms with Gasteiger partial charge in [0, 0.05) is 55.6 Å². The summed E-state index contributed by atoms with van der Waals surface area (Å²) in [6, 6.07) is 40.6. The molecule has 5 aromatic carbocycles. The third-order valence-electron chi connectivity index (χ3n) is 10.1. The minimum atomic E-state index is -0.984. The minimum absolute atomic E-state index is 0.0958. The number of carboxylic acid groups (broad SMARTS) is 3. The number of carbonyl (C=O) groups is 6. The van der Waals surface area contributed by atoms with E-state index in [0.717, 1.165) is 16.3 Å². The first-order valence-electron chi connectivity index (χ1n) is 19.4. The molecule has 0 radical (unpaired) electrons. The molecule has 0 fully saturated rings. The minimum Gasteiger partial charge on any atom is -0.481 e. The Morgan fingerprint density at radius 3 is 1.27 bits per heavy atom. The normalized spacial score (nSPS) is 10.7. The maximum atomic E-state index is 12.9. The van der Waals surface area contributed by atoms with Crippen LogP contribution in [0.15, 0.2) is 146 Å². The molecular weight excluding hydrogens is 845 g/mol. The summed E-state index contributed by atoms with van der Waals surface area (Å²) in [5, 5.41) is 29.3. The standard InChI is InChI=1S/C18H14ClNO3.C18H15NO3.C13H10ClNO3/c1-11-15(10-17(21)22)14-4-2-3-5-16(14)20(11)18(23)12-6-8-13(19)9-7-12;1-12-15(11-17(20)21)14-9-5-6-10-16(14)19(12)18(22)13-7-3-2-4-8-13;14-12-10(8-11(16)17)6-7-15(12)13(18)9-4-2-1-3-5-9/h2-9H,10H2,1H3,(H,21,22);2-10H,11H2,1H3,(H,20,21);1-7H,8H2,(H,16,17). The quantitative estimate of drug-likeness (QED) is 0.127. The number of carbonyl (C=O) groups excluding carboxylic acids is 3. The number of nitrogens with zero attached hydrogens (tertiary/aromatic N) is 3. The molecule has 0 aliphatic carbocycles. The largest absolute Gasteiger partial charge is 0.481 e. The first kappa shape index (κ1) is 45.0. The van der Waals surface area contributed by atoms with Crippen molar-refractivity contribution in [3.8, 4) is 0 Å². The zero-order valence-electron chi connectivity index (χ0n) is 33.9. The van der Waals surface area contributed by atoms with Crippen molar-refractivity contribution in [2.45, 2.75) is 33.1 Å². The SMILES string of the molecule is Cc1c(CC(=O)O)c2ccccc2n1C(=O)c1ccc(Cl)cc1.Cc1c(CC(=O)O)c2ccccc2n1C(=O)c1ccccc1.O=C(O)Cc1ccn(C(=O)c2ccccc2)c1Cl. The van der Waals surface area contributed by atoms with Crippen LogP contribution in [0.1, 0.15) is 59.2 Å². The van der Waals surface area contributed by atoms with Gasteiger partial charge in [-0.3, -0.25) is 42.5 Å². The fourth-order valence-electron chi connectivity index (χ4n) is 7.20. The highest BCUT2D eigenvalue weighted by molar-refractivity contribution is 6.32. The van der Waals surface area contributed by atoms with Gasteiger partial charge >= 0.3 is 17.9 Å². The summed E-state index contributed by atoms with van der Waals surface area (Å²) in [7, 11) is 0. The topological polar surface area (TPSA) is 178 Å². The van der Waals surface area contributed by atoms with E-state index in [1.807, 2.05) is 72.8 Å². The summed E-state index contributed by atoms with van der Waals surface area (Å²) < 4.78 is 4.41. The van der Waals surface area contributed by atoms with Gasteiger partial charge in [-0.1, -0.05) is 96.0 Å². The van der Waals surface area contributed by atoms with Crippen LogP contribution in [-0.4, -0.2) is 64.7 Å². The van der Waals surface area contributed by atoms with Gasteiger partial charge < -0.3 is 15.3 Å². The van der Waals surface area contributed by atoms with Gasteiger partial charge in [-0.2, -0.15) is 0 Å². The van der Waals surface area contributed by atoms with Crippen molar-refractivity contribution in [3.63, 3.8) is 0 Å². The maximum Gasteiger partial charge on any atom is 0.307 e. The fourth-order valence-corrected chi connectivity index (χ4v) is 7.59. The first-order chi connectivity index (χ1) is 30.2. The van der Waals surface area contributed by atoms with Gasteiger partial charge in [0.25, 0.3) is 17.7 Å². The van der Waals surface area contributed by atoms with Gasteiger partial charge in [-0.15, -0.1) is 0 Å². The van der Waals surface area contributed by atoms with Crippen LogP contribution in [0.4, 0.5) is 0 Å². The molecule has 0 unspecified atom stereocenters. The molecule has 0 saturated carbocycles. The molecule has 3 N–H and O–H groups in total. The number of halogens is 2. The van der Waals surface area contributed by atoms with E-state index in [1.54, 1.807) is 83.6 Å². The van der Waals surface area contributed by atoms with Crippen molar-refractivity contribution in [2.75, 3.05) is 0 Å². The molecule has 0 atom stereocenters. The first-order valence-corrected chi connectivity index (χ1v) is 20.1. The Morgan fingerprint density at radius 1 is 0.460 bits per heavy atom. The Labute approximate surface area is 370 Å². The molecule has 3 aromatic heterocycles. The number of aliphatic carboxylic acids is 3. The molecule has 63 heavy (non-hydrogen) atoms. The van der Waals surface area contributed by atoms with Crippen molar-refractivity contribution < 1.29 is 44.1 Å². The molecule has 12 nitrogen and oxygen atoms in total. The number of carboxylic acids is 3. The molecule has 3 heterocycles. The second-order valence-electron chi connectivity index (χ2n) is 14.2. The fraction of sp³-hybridized carbons (Fsp3) is 0.102. The van der Waals surface area contributed by atoms with Crippen LogP contribution in [0, 0.1) is 13.8 Å². The van der Waals surface area contributed by atoms with Gasteiger partial charge in [0.15, 0.2) is 0 Å². The zero-order chi connectivity index (χ0) is 45.4. The number of fused-ring (bicyclic) bond motifs is 2. The summed E-state index contributed by atoms with van der Waals surface area (Å²) in [5.41, 5.74) is 6.12. The molecular formula is C49H39Cl2N3O9. The number of aromatic nitrogens is 3. The van der Waals surface area contributed by atoms with E-state index in [9.17, 15) is 28.8 Å². The number of hydrogen-bond acceptors (Lipinski definition) is 6. The van der Waals surface area contributed by atoms with E-state index in [0.29, 0.717) is 55.3 Å². The van der Waals surface area contributed by atoms with Gasteiger partial charge in [0.1, 0.15) is 5.15 Å². The van der Waals surface area contributed by atoms with Crippen LogP contribution in [0.5, 0.6) is 0 Å². The molecule has 8 rings (SSSR count). The van der Waals surface area contributed by atoms with Crippen molar-refractivity contribution in [1.82, 2.24) is 13.7 Å². The Bertz CT molecular complexity index is 3000. The van der Waals surface area contributed by atoms with E-state index < -0.39 is 17.9 Å². The van der Waals surface area contributed by atoms with Crippen LogP contribution in [0.25, 0.3) is 21.8 Å². The molecule has 0 aliphatic heterocycles. The monoisotopic (exact) mass is 883 g/mol. The van der Waals surface area contributed by atoms with Crippen molar-refractivity contribution in [3.05, 3.63) is 201 Å². The molecule has 0 spiro atoms. The third-order valence-corrected chi connectivity index (χ3v) is 10.8. The molecule has 0 saturated heterocycles. The van der Waals surface area contributed by atoms with Gasteiger partial charge in [-0.05, 0) is 91.7 Å². The van der Waals surface area contributed by atoms with Gasteiger partial charge in [-0.25, -0.2) is 0 Å². The van der Waals surface area contributed by atoms with Crippen molar-refractivity contribution in [2.24, 2.45) is 0 Å². The Kier molecular flexibility index (Phi) is 14.2. The van der Waals surface area contributed by atoms with Crippen molar-refractivity contribution >= 4 is 80.6 Å². The summed E-state index contributed by atoms with van der Waals surface area (Å²) in [6.45, 7) is 3.56. The predicted molar refractivity (Wildman–Crippen MR) is 240 cm³/mol. The highest BCUT2D eigenvalue weighted by Crippen LogP contribution is 2.29. The van der Waals surface area contributed by atoms with Gasteiger partial charge in [0.2, 0.25) is 0 Å². The Morgan fingerprint density at radius 2 is 0.841 bits per heavy atom. The lowest BCUT2D eigenvalue weighted by molar-refractivity contribution is -0.137. The highest BCUT2D eigenvalue weighted by atomic mass is 35.5. The van der Waals surface area contributed by atoms with Crippen molar-refractivity contribution in [1.29, 1.82) is 0 Å². The lowest BCUT2D eigenvalue weighted by Gasteiger charge is -2.07. The summed E-state index contributed by atoms with van der Waals surface area (Å²) in [6.07, 6.45) is 1.07. The highest BCUT2D eigenvalue weighted by Gasteiger charge is 2.22. The van der Waals surface area contributed by atoms with Crippen LogP contribution < -0.4 is 0 Å². The third kappa shape index (κ3) is 10.2. The van der Waals surface area contributed by atoms with E-state index in [-0.39, 0.29) is 42.1 Å². The second-order valence-corrected chi connectivity index (χ2v) is 15.0. The molecule has 0 bridgehead atoms. The predicted octanol–water partition coefficient (Wildman–Crippen LogP) is 9.64. The average molecular weight is 885 g/mol. The van der Waals surface area contributed by atoms with E-state index in [2.05, 4.69) is 0 Å². The molecule has 14 heteroatoms. The summed E-state index contributed by atoms with van der Waals surface area (Å²) in [4.78, 5) is 70.6. The van der Waals surface area contributed by atoms with E-state index >= 15 is 0 Å². The van der Waals surface area contributed by atoms with Crippen LogP contribution in [0.3, 0.4) is 0 Å².